The van der Waals surface area contributed by atoms with Crippen LogP contribution >= 0.6 is 0 Å². The maximum atomic E-state index is 13.5. The van der Waals surface area contributed by atoms with Gasteiger partial charge in [-0.15, -0.1) is 0 Å². The second kappa shape index (κ2) is 8.72. The van der Waals surface area contributed by atoms with Crippen molar-refractivity contribution < 1.29 is 4.79 Å². The van der Waals surface area contributed by atoms with Crippen molar-refractivity contribution in [3.8, 4) is 16.8 Å². The predicted octanol–water partition coefficient (Wildman–Crippen LogP) is 4.17. The molecule has 37 heavy (non-hydrogen) atoms. The maximum Gasteiger partial charge on any atom is 0.268 e. The molecule has 0 aliphatic rings. The Balaban J connectivity index is 1.36. The molecule has 0 radical (unpaired) electrons. The van der Waals surface area contributed by atoms with Crippen molar-refractivity contribution in [2.24, 2.45) is 7.05 Å². The molecule has 1 amide bonds. The Morgan fingerprint density at radius 2 is 1.78 bits per heavy atom. The molecule has 0 spiro atoms. The number of nitrogen functional groups attached to an aromatic ring is 1. The molecule has 0 atom stereocenters. The van der Waals surface area contributed by atoms with Crippen LogP contribution in [0.4, 0.5) is 11.5 Å². The summed E-state index contributed by atoms with van der Waals surface area (Å²) < 4.78 is 3.42. The Morgan fingerprint density at radius 1 is 1.00 bits per heavy atom. The number of para-hydroxylation sites is 1. The lowest BCUT2D eigenvalue weighted by atomic mass is 10.1. The molecule has 9 heteroatoms. The Kier molecular flexibility index (Phi) is 5.23. The van der Waals surface area contributed by atoms with Gasteiger partial charge >= 0.3 is 0 Å². The van der Waals surface area contributed by atoms with E-state index in [-0.39, 0.29) is 5.56 Å². The summed E-state index contributed by atoms with van der Waals surface area (Å²) in [7, 11) is 1.90. The molecule has 180 valence electrons. The number of nitrogens with one attached hydrogen (secondary N) is 1. The van der Waals surface area contributed by atoms with Gasteiger partial charge in [0.1, 0.15) is 23.4 Å². The molecule has 3 N–H and O–H groups in total. The topological polar surface area (TPSA) is 121 Å². The first kappa shape index (κ1) is 22.2. The number of carbonyl (C=O) groups excluding carboxylic acids is 1. The average Bonchev–Trinajstić information content (AvgIpc) is 3.26. The monoisotopic (exact) mass is 487 g/mol. The highest BCUT2D eigenvalue weighted by molar-refractivity contribution is 6.06. The first-order valence-corrected chi connectivity index (χ1v) is 11.5. The molecular weight excluding hydrogens is 466 g/mol. The van der Waals surface area contributed by atoms with E-state index in [2.05, 4.69) is 20.3 Å². The number of pyridine rings is 2. The highest BCUT2D eigenvalue weighted by Gasteiger charge is 2.18. The van der Waals surface area contributed by atoms with Gasteiger partial charge in [-0.05, 0) is 42.0 Å². The van der Waals surface area contributed by atoms with Crippen LogP contribution < -0.4 is 16.6 Å². The number of hydrogen-bond donors (Lipinski definition) is 2. The van der Waals surface area contributed by atoms with E-state index in [1.807, 2.05) is 60.3 Å². The third kappa shape index (κ3) is 3.79. The number of carbonyl (C=O) groups is 1. The van der Waals surface area contributed by atoms with Gasteiger partial charge in [0.05, 0.1) is 10.9 Å². The summed E-state index contributed by atoms with van der Waals surface area (Å²) in [6.45, 7) is 0. The van der Waals surface area contributed by atoms with Crippen molar-refractivity contribution in [1.29, 1.82) is 0 Å². The molecule has 0 bridgehead atoms. The van der Waals surface area contributed by atoms with E-state index in [0.29, 0.717) is 28.1 Å². The summed E-state index contributed by atoms with van der Waals surface area (Å²) in [6.07, 6.45) is 6.64. The molecule has 0 aliphatic carbocycles. The molecule has 0 fully saturated rings. The fourth-order valence-corrected chi connectivity index (χ4v) is 4.54. The fraction of sp³-hybridized carbons (Fsp3) is 0.0357. The molecule has 0 aliphatic heterocycles. The van der Waals surface area contributed by atoms with Gasteiger partial charge in [-0.25, -0.2) is 9.97 Å². The molecular formula is C28H21N7O2. The third-order valence-electron chi connectivity index (χ3n) is 6.30. The summed E-state index contributed by atoms with van der Waals surface area (Å²) in [5, 5.41) is 4.30. The summed E-state index contributed by atoms with van der Waals surface area (Å²) in [4.78, 5) is 39.3. The number of aromatic nitrogens is 5. The van der Waals surface area contributed by atoms with Gasteiger partial charge in [0.15, 0.2) is 0 Å². The normalized spacial score (nSPS) is 11.2. The van der Waals surface area contributed by atoms with Crippen LogP contribution in [-0.4, -0.2) is 30.0 Å². The van der Waals surface area contributed by atoms with E-state index in [4.69, 9.17) is 5.73 Å². The minimum atomic E-state index is -0.504. The van der Waals surface area contributed by atoms with Gasteiger partial charge < -0.3 is 15.6 Å². The summed E-state index contributed by atoms with van der Waals surface area (Å²) >= 11 is 0. The lowest BCUT2D eigenvalue weighted by Gasteiger charge is -2.13. The molecule has 4 heterocycles. The van der Waals surface area contributed by atoms with Gasteiger partial charge in [0.2, 0.25) is 0 Å². The SMILES string of the molecule is Cn1cc(-c2ccc(NC(=O)c3cc4cnccc4n(-c4ccccc4)c3=O)cc2)c2c(N)ncnc21. The lowest BCUT2D eigenvalue weighted by molar-refractivity contribution is 0.102. The van der Waals surface area contributed by atoms with Crippen LogP contribution in [0.2, 0.25) is 0 Å². The smallest absolute Gasteiger partial charge is 0.268 e. The first-order valence-electron chi connectivity index (χ1n) is 11.5. The van der Waals surface area contributed by atoms with E-state index >= 15 is 0 Å². The Bertz CT molecular complexity index is 1860. The van der Waals surface area contributed by atoms with Gasteiger partial charge in [-0.3, -0.25) is 19.1 Å². The van der Waals surface area contributed by atoms with Crippen molar-refractivity contribution in [2.75, 3.05) is 11.1 Å². The first-order chi connectivity index (χ1) is 18.0. The van der Waals surface area contributed by atoms with E-state index in [1.165, 1.54) is 10.9 Å². The van der Waals surface area contributed by atoms with Crippen LogP contribution in [0.1, 0.15) is 10.4 Å². The van der Waals surface area contributed by atoms with Crippen molar-refractivity contribution in [3.05, 3.63) is 108 Å². The second-order valence-electron chi connectivity index (χ2n) is 8.61. The van der Waals surface area contributed by atoms with Gasteiger partial charge in [-0.1, -0.05) is 30.3 Å². The molecule has 6 aromatic rings. The van der Waals surface area contributed by atoms with Crippen LogP contribution in [0.25, 0.3) is 38.8 Å². The number of fused-ring (bicyclic) bond motifs is 2. The molecule has 0 saturated heterocycles. The zero-order valence-electron chi connectivity index (χ0n) is 19.8. The quantitative estimate of drug-likeness (QED) is 0.385. The van der Waals surface area contributed by atoms with Crippen molar-refractivity contribution in [1.82, 2.24) is 24.1 Å². The van der Waals surface area contributed by atoms with E-state index in [1.54, 1.807) is 36.7 Å². The minimum Gasteiger partial charge on any atom is -0.383 e. The molecule has 9 nitrogen and oxygen atoms in total. The standard InChI is InChI=1S/C28H21N7O2/c1-34-15-22(24-25(29)31-16-32-26(24)34)17-7-9-19(10-8-17)33-27(36)21-13-18-14-30-12-11-23(18)35(28(21)37)20-5-3-2-4-6-20/h2-16H,1H3,(H,33,36)(H2,29,31,32). The number of anilines is 2. The van der Waals surface area contributed by atoms with E-state index in [9.17, 15) is 9.59 Å². The van der Waals surface area contributed by atoms with Crippen molar-refractivity contribution in [3.63, 3.8) is 0 Å². The molecule has 0 saturated carbocycles. The lowest BCUT2D eigenvalue weighted by Crippen LogP contribution is -2.28. The summed E-state index contributed by atoms with van der Waals surface area (Å²) in [5.41, 5.74) is 10.1. The van der Waals surface area contributed by atoms with Gasteiger partial charge in [-0.2, -0.15) is 0 Å². The molecule has 6 rings (SSSR count). The molecule has 4 aromatic heterocycles. The predicted molar refractivity (Wildman–Crippen MR) is 144 cm³/mol. The van der Waals surface area contributed by atoms with Crippen LogP contribution in [0.5, 0.6) is 0 Å². The average molecular weight is 488 g/mol. The zero-order chi connectivity index (χ0) is 25.5. The molecule has 0 unspecified atom stereocenters. The number of aryl methyl sites for hydroxylation is 1. The Morgan fingerprint density at radius 3 is 2.57 bits per heavy atom. The highest BCUT2D eigenvalue weighted by Crippen LogP contribution is 2.32. The largest absolute Gasteiger partial charge is 0.383 e. The van der Waals surface area contributed by atoms with Crippen molar-refractivity contribution in [2.45, 2.75) is 0 Å². The fourth-order valence-electron chi connectivity index (χ4n) is 4.54. The van der Waals surface area contributed by atoms with Crippen LogP contribution in [0.15, 0.2) is 96.4 Å². The van der Waals surface area contributed by atoms with Crippen LogP contribution in [0, 0.1) is 0 Å². The van der Waals surface area contributed by atoms with Crippen LogP contribution in [-0.2, 0) is 7.05 Å². The Labute approximate surface area is 210 Å². The van der Waals surface area contributed by atoms with Gasteiger partial charge in [0.25, 0.3) is 11.5 Å². The van der Waals surface area contributed by atoms with E-state index in [0.717, 1.165) is 22.2 Å². The highest BCUT2D eigenvalue weighted by atomic mass is 16.2. The number of hydrogen-bond acceptors (Lipinski definition) is 6. The second-order valence-corrected chi connectivity index (χ2v) is 8.61. The van der Waals surface area contributed by atoms with E-state index < -0.39 is 11.5 Å². The van der Waals surface area contributed by atoms with Crippen LogP contribution in [0.3, 0.4) is 0 Å². The zero-order valence-corrected chi connectivity index (χ0v) is 19.8. The summed E-state index contributed by atoms with van der Waals surface area (Å²) in [6, 6.07) is 19.9. The number of rotatable bonds is 4. The number of nitrogens with two attached hydrogens (primary N) is 1. The summed E-state index contributed by atoms with van der Waals surface area (Å²) in [5.74, 6) is -0.102. The van der Waals surface area contributed by atoms with Gasteiger partial charge in [0, 0.05) is 48.0 Å². The Hall–Kier alpha value is -5.31. The van der Waals surface area contributed by atoms with Crippen molar-refractivity contribution >= 4 is 39.3 Å². The number of nitrogens with zero attached hydrogens (tertiary/aromatic N) is 5. The minimum absolute atomic E-state index is 0.0207. The maximum absolute atomic E-state index is 13.5. The molecule has 2 aromatic carbocycles. The third-order valence-corrected chi connectivity index (χ3v) is 6.30. The number of amides is 1. The number of benzene rings is 2.